The second-order valence-electron chi connectivity index (χ2n) is 10.4. The molecule has 0 aromatic heterocycles. The van der Waals surface area contributed by atoms with Crippen LogP contribution in [0, 0.1) is 12.8 Å². The Morgan fingerprint density at radius 3 is 1.84 bits per heavy atom. The maximum absolute atomic E-state index is 13.4. The van der Waals surface area contributed by atoms with Crippen LogP contribution in [0.1, 0.15) is 41.1 Å². The van der Waals surface area contributed by atoms with E-state index in [9.17, 15) is 13.2 Å². The predicted molar refractivity (Wildman–Crippen MR) is 151 cm³/mol. The minimum absolute atomic E-state index is 0.0181. The van der Waals surface area contributed by atoms with E-state index in [0.717, 1.165) is 24.2 Å². The first-order valence-corrected chi connectivity index (χ1v) is 15.2. The fourth-order valence-electron chi connectivity index (χ4n) is 5.78. The van der Waals surface area contributed by atoms with Crippen LogP contribution in [-0.4, -0.2) is 67.7 Å². The molecule has 3 aromatic carbocycles. The highest BCUT2D eigenvalue weighted by Crippen LogP contribution is 2.30. The summed E-state index contributed by atoms with van der Waals surface area (Å²) in [5.41, 5.74) is 4.35. The van der Waals surface area contributed by atoms with Crippen LogP contribution in [0.15, 0.2) is 84.9 Å². The van der Waals surface area contributed by atoms with Crippen molar-refractivity contribution in [2.75, 3.05) is 39.3 Å². The maximum Gasteiger partial charge on any atom is 0.225 e. The average molecular weight is 532 g/mol. The molecular weight excluding hydrogens is 494 g/mol. The van der Waals surface area contributed by atoms with Gasteiger partial charge in [-0.15, -0.1) is 0 Å². The Kier molecular flexibility index (Phi) is 8.27. The Hall–Kier alpha value is -3.00. The van der Waals surface area contributed by atoms with Crippen molar-refractivity contribution in [3.63, 3.8) is 0 Å². The van der Waals surface area contributed by atoms with E-state index in [1.165, 1.54) is 11.1 Å². The number of amides is 1. The Morgan fingerprint density at radius 1 is 0.763 bits per heavy atom. The van der Waals surface area contributed by atoms with Gasteiger partial charge in [0.1, 0.15) is 0 Å². The lowest BCUT2D eigenvalue weighted by Crippen LogP contribution is -2.52. The number of aryl methyl sites for hydroxylation is 1. The van der Waals surface area contributed by atoms with E-state index in [1.807, 2.05) is 48.2 Å². The molecule has 0 bridgehead atoms. The molecule has 2 aliphatic rings. The molecule has 0 radical (unpaired) electrons. The molecule has 0 atom stereocenters. The van der Waals surface area contributed by atoms with Crippen molar-refractivity contribution in [2.45, 2.75) is 31.6 Å². The number of benzene rings is 3. The molecule has 2 aliphatic heterocycles. The summed E-state index contributed by atoms with van der Waals surface area (Å²) in [5.74, 6) is 0.0895. The standard InChI is InChI=1S/C31H37N3O3S/c1-25-10-8-9-15-29(25)24-38(36,37)34-18-16-28(17-19-34)31(35)33-22-20-32(21-23-33)30(26-11-4-2-5-12-26)27-13-6-3-7-14-27/h2-15,28,30H,16-24H2,1H3. The third kappa shape index (κ3) is 6.01. The van der Waals surface area contributed by atoms with Crippen molar-refractivity contribution < 1.29 is 13.2 Å². The maximum atomic E-state index is 13.4. The molecule has 7 heteroatoms. The molecule has 3 aromatic rings. The fourth-order valence-corrected chi connectivity index (χ4v) is 7.45. The van der Waals surface area contributed by atoms with Gasteiger partial charge >= 0.3 is 0 Å². The first-order chi connectivity index (χ1) is 18.4. The van der Waals surface area contributed by atoms with Gasteiger partial charge < -0.3 is 4.90 Å². The summed E-state index contributed by atoms with van der Waals surface area (Å²) in [6.45, 7) is 5.77. The topological polar surface area (TPSA) is 60.9 Å². The Balaban J connectivity index is 1.17. The smallest absolute Gasteiger partial charge is 0.225 e. The second-order valence-corrected chi connectivity index (χ2v) is 12.4. The summed E-state index contributed by atoms with van der Waals surface area (Å²) in [5, 5.41) is 0. The zero-order valence-electron chi connectivity index (χ0n) is 22.1. The van der Waals surface area contributed by atoms with E-state index in [0.29, 0.717) is 39.0 Å². The van der Waals surface area contributed by atoms with Crippen molar-refractivity contribution in [3.8, 4) is 0 Å². The highest BCUT2D eigenvalue weighted by atomic mass is 32.2. The van der Waals surface area contributed by atoms with Crippen LogP contribution in [0.2, 0.25) is 0 Å². The summed E-state index contributed by atoms with van der Waals surface area (Å²) < 4.78 is 27.7. The third-order valence-electron chi connectivity index (χ3n) is 8.02. The van der Waals surface area contributed by atoms with Gasteiger partial charge in [-0.1, -0.05) is 84.9 Å². The van der Waals surface area contributed by atoms with Crippen molar-refractivity contribution >= 4 is 15.9 Å². The molecular formula is C31H37N3O3S. The van der Waals surface area contributed by atoms with Crippen LogP contribution in [0.4, 0.5) is 0 Å². The highest BCUT2D eigenvalue weighted by molar-refractivity contribution is 7.88. The highest BCUT2D eigenvalue weighted by Gasteiger charge is 2.35. The van der Waals surface area contributed by atoms with E-state index in [-0.39, 0.29) is 23.6 Å². The van der Waals surface area contributed by atoms with E-state index >= 15 is 0 Å². The van der Waals surface area contributed by atoms with Gasteiger partial charge in [0.25, 0.3) is 0 Å². The van der Waals surface area contributed by atoms with E-state index in [4.69, 9.17) is 0 Å². The van der Waals surface area contributed by atoms with Crippen LogP contribution in [0.5, 0.6) is 0 Å². The quantitative estimate of drug-likeness (QED) is 0.451. The van der Waals surface area contributed by atoms with Crippen molar-refractivity contribution in [3.05, 3.63) is 107 Å². The minimum Gasteiger partial charge on any atom is -0.340 e. The Labute approximate surface area is 226 Å². The van der Waals surface area contributed by atoms with Crippen molar-refractivity contribution in [1.29, 1.82) is 0 Å². The number of hydrogen-bond acceptors (Lipinski definition) is 4. The normalized spacial score (nSPS) is 18.1. The average Bonchev–Trinajstić information content (AvgIpc) is 2.96. The van der Waals surface area contributed by atoms with Gasteiger partial charge in [-0.2, -0.15) is 0 Å². The van der Waals surface area contributed by atoms with Gasteiger partial charge in [-0.3, -0.25) is 9.69 Å². The predicted octanol–water partition coefficient (Wildman–Crippen LogP) is 4.47. The summed E-state index contributed by atoms with van der Waals surface area (Å²) in [6, 6.07) is 28.9. The minimum atomic E-state index is -3.40. The monoisotopic (exact) mass is 531 g/mol. The lowest BCUT2D eigenvalue weighted by Gasteiger charge is -2.41. The van der Waals surface area contributed by atoms with Gasteiger partial charge in [0, 0.05) is 45.2 Å². The van der Waals surface area contributed by atoms with Gasteiger partial charge in [0.05, 0.1) is 11.8 Å². The molecule has 2 fully saturated rings. The summed E-state index contributed by atoms with van der Waals surface area (Å²) >= 11 is 0. The summed E-state index contributed by atoms with van der Waals surface area (Å²) in [7, 11) is -3.40. The van der Waals surface area contributed by atoms with Crippen molar-refractivity contribution in [1.82, 2.24) is 14.1 Å². The SMILES string of the molecule is Cc1ccccc1CS(=O)(=O)N1CCC(C(=O)N2CCN(C(c3ccccc3)c3ccccc3)CC2)CC1. The zero-order chi connectivity index (χ0) is 26.5. The first kappa shape index (κ1) is 26.6. The number of hydrogen-bond donors (Lipinski definition) is 0. The molecule has 5 rings (SSSR count). The van der Waals surface area contributed by atoms with Crippen LogP contribution in [-0.2, 0) is 20.6 Å². The molecule has 0 saturated carbocycles. The molecule has 0 N–H and O–H groups in total. The van der Waals surface area contributed by atoms with Gasteiger partial charge in [-0.05, 0) is 42.0 Å². The van der Waals surface area contributed by atoms with Gasteiger partial charge in [0.2, 0.25) is 15.9 Å². The van der Waals surface area contributed by atoms with E-state index in [2.05, 4.69) is 53.4 Å². The molecule has 2 saturated heterocycles. The first-order valence-electron chi connectivity index (χ1n) is 13.6. The Morgan fingerprint density at radius 2 is 1.29 bits per heavy atom. The molecule has 1 amide bonds. The molecule has 0 spiro atoms. The molecule has 0 aliphatic carbocycles. The summed E-state index contributed by atoms with van der Waals surface area (Å²) in [4.78, 5) is 17.9. The van der Waals surface area contributed by atoms with E-state index in [1.54, 1.807) is 4.31 Å². The molecule has 200 valence electrons. The molecule has 38 heavy (non-hydrogen) atoms. The van der Waals surface area contributed by atoms with Crippen molar-refractivity contribution in [2.24, 2.45) is 5.92 Å². The summed E-state index contributed by atoms with van der Waals surface area (Å²) in [6.07, 6.45) is 1.17. The number of nitrogens with zero attached hydrogens (tertiary/aromatic N) is 3. The van der Waals surface area contributed by atoms with Crippen LogP contribution in [0.3, 0.4) is 0 Å². The fraction of sp³-hybridized carbons (Fsp3) is 0.387. The number of carbonyl (C=O) groups excluding carboxylic acids is 1. The number of piperazine rings is 1. The lowest BCUT2D eigenvalue weighted by molar-refractivity contribution is -0.138. The number of piperidine rings is 1. The largest absolute Gasteiger partial charge is 0.340 e. The van der Waals surface area contributed by atoms with Crippen LogP contribution >= 0.6 is 0 Å². The number of rotatable bonds is 7. The third-order valence-corrected chi connectivity index (χ3v) is 9.85. The Bertz CT molecular complexity index is 1280. The number of sulfonamides is 1. The van der Waals surface area contributed by atoms with Crippen LogP contribution < -0.4 is 0 Å². The second kappa shape index (κ2) is 11.8. The van der Waals surface area contributed by atoms with Crippen LogP contribution in [0.25, 0.3) is 0 Å². The van der Waals surface area contributed by atoms with Gasteiger partial charge in [0.15, 0.2) is 0 Å². The molecule has 6 nitrogen and oxygen atoms in total. The zero-order valence-corrected chi connectivity index (χ0v) is 22.9. The molecule has 0 unspecified atom stereocenters. The number of carbonyl (C=O) groups is 1. The van der Waals surface area contributed by atoms with Gasteiger partial charge in [-0.25, -0.2) is 12.7 Å². The molecule has 2 heterocycles. The lowest BCUT2D eigenvalue weighted by atomic mass is 9.95. The van der Waals surface area contributed by atoms with E-state index < -0.39 is 10.0 Å².